The SMILES string of the molecule is Cc1c(C)[n+]([O-])c([C@H](c2ccc(O)cc2)C2C(=O)NC(=O)NC2=O)n1CCN(C)C. The smallest absolute Gasteiger partial charge is 0.328 e. The molecule has 1 saturated heterocycles. The van der Waals surface area contributed by atoms with Crippen LogP contribution in [0.5, 0.6) is 5.75 Å². The Balaban J connectivity index is 2.22. The van der Waals surface area contributed by atoms with Crippen molar-refractivity contribution in [3.05, 3.63) is 52.2 Å². The van der Waals surface area contributed by atoms with Gasteiger partial charge in [0.1, 0.15) is 35.5 Å². The van der Waals surface area contributed by atoms with E-state index in [0.29, 0.717) is 24.3 Å². The van der Waals surface area contributed by atoms with Crippen molar-refractivity contribution < 1.29 is 24.2 Å². The number of benzene rings is 1. The van der Waals surface area contributed by atoms with Crippen LogP contribution >= 0.6 is 0 Å². The quantitative estimate of drug-likeness (QED) is 0.349. The third kappa shape index (κ3) is 3.86. The van der Waals surface area contributed by atoms with Crippen LogP contribution in [0.2, 0.25) is 0 Å². The molecule has 0 radical (unpaired) electrons. The van der Waals surface area contributed by atoms with Crippen LogP contribution in [0, 0.1) is 25.0 Å². The van der Waals surface area contributed by atoms with Crippen molar-refractivity contribution >= 4 is 17.8 Å². The van der Waals surface area contributed by atoms with Gasteiger partial charge in [0.2, 0.25) is 11.8 Å². The van der Waals surface area contributed by atoms with Gasteiger partial charge in [0, 0.05) is 20.4 Å². The number of aromatic nitrogens is 2. The molecular formula is C20H25N5O5. The summed E-state index contributed by atoms with van der Waals surface area (Å²) in [5.74, 6) is -3.63. The number of likely N-dealkylation sites (N-methyl/N-ethyl adjacent to an activating group) is 1. The van der Waals surface area contributed by atoms with E-state index in [-0.39, 0.29) is 11.6 Å². The second-order valence-electron chi connectivity index (χ2n) is 7.63. The number of nitrogens with zero attached hydrogens (tertiary/aromatic N) is 3. The number of imide groups is 2. The first kappa shape index (κ1) is 21.3. The lowest BCUT2D eigenvalue weighted by Crippen LogP contribution is -2.58. The minimum absolute atomic E-state index is 0.00979. The van der Waals surface area contributed by atoms with Crippen molar-refractivity contribution in [1.29, 1.82) is 0 Å². The summed E-state index contributed by atoms with van der Waals surface area (Å²) in [6, 6.07) is 5.08. The molecule has 2 heterocycles. The van der Waals surface area contributed by atoms with Crippen molar-refractivity contribution in [2.75, 3.05) is 20.6 Å². The van der Waals surface area contributed by atoms with Crippen LogP contribution in [0.1, 0.15) is 28.7 Å². The molecule has 1 atom stereocenters. The van der Waals surface area contributed by atoms with Gasteiger partial charge in [-0.05, 0) is 31.8 Å². The maximum atomic E-state index is 13.2. The molecule has 0 spiro atoms. The number of hydrogen-bond donors (Lipinski definition) is 3. The number of phenolic OH excluding ortho intramolecular Hbond substituents is 1. The van der Waals surface area contributed by atoms with Gasteiger partial charge in [-0.25, -0.2) is 14.1 Å². The Labute approximate surface area is 173 Å². The highest BCUT2D eigenvalue weighted by Crippen LogP contribution is 2.34. The number of barbiturate groups is 1. The fourth-order valence-corrected chi connectivity index (χ4v) is 3.68. The van der Waals surface area contributed by atoms with Gasteiger partial charge in [-0.3, -0.25) is 20.2 Å². The van der Waals surface area contributed by atoms with E-state index in [2.05, 4.69) is 10.6 Å². The normalized spacial score (nSPS) is 16.0. The minimum atomic E-state index is -1.33. The standard InChI is InChI=1S/C20H25N5O5/c1-11-12(2)25(30)19(24(11)10-9-23(3)4)15(13-5-7-14(26)8-6-13)16-17(27)21-20(29)22-18(16)28/h5-8,15-16,26H,9-10H2,1-4H3,(H2,21,22,27,28,29)/t15-/m1/s1. The van der Waals surface area contributed by atoms with Gasteiger partial charge < -0.3 is 15.2 Å². The summed E-state index contributed by atoms with van der Waals surface area (Å²) in [6.45, 7) is 4.58. The largest absolute Gasteiger partial charge is 0.711 e. The van der Waals surface area contributed by atoms with E-state index in [1.165, 1.54) is 12.1 Å². The molecule has 0 saturated carbocycles. The van der Waals surface area contributed by atoms with E-state index < -0.39 is 29.7 Å². The maximum Gasteiger partial charge on any atom is 0.328 e. The molecule has 1 fully saturated rings. The Morgan fingerprint density at radius 2 is 1.70 bits per heavy atom. The number of aromatic hydroxyl groups is 1. The molecule has 10 nitrogen and oxygen atoms in total. The van der Waals surface area contributed by atoms with E-state index in [4.69, 9.17) is 0 Å². The number of amides is 4. The van der Waals surface area contributed by atoms with Crippen molar-refractivity contribution in [3.63, 3.8) is 0 Å². The molecule has 1 aliphatic heterocycles. The van der Waals surface area contributed by atoms with Gasteiger partial charge in [0.25, 0.3) is 5.82 Å². The van der Waals surface area contributed by atoms with Gasteiger partial charge >= 0.3 is 6.03 Å². The average Bonchev–Trinajstić information content (AvgIpc) is 2.87. The zero-order chi connectivity index (χ0) is 22.2. The first-order valence-corrected chi connectivity index (χ1v) is 9.50. The van der Waals surface area contributed by atoms with Crippen molar-refractivity contribution in [3.8, 4) is 5.75 Å². The van der Waals surface area contributed by atoms with Crippen LogP contribution in [0.4, 0.5) is 4.79 Å². The summed E-state index contributed by atoms with van der Waals surface area (Å²) in [7, 11) is 3.81. The summed E-state index contributed by atoms with van der Waals surface area (Å²) in [5.41, 5.74) is 1.67. The fourth-order valence-electron chi connectivity index (χ4n) is 3.68. The first-order chi connectivity index (χ1) is 14.1. The van der Waals surface area contributed by atoms with E-state index in [1.54, 1.807) is 30.5 Å². The average molecular weight is 415 g/mol. The lowest BCUT2D eigenvalue weighted by atomic mass is 9.83. The van der Waals surface area contributed by atoms with E-state index >= 15 is 0 Å². The van der Waals surface area contributed by atoms with Crippen LogP contribution in [0.3, 0.4) is 0 Å². The number of nitrogens with one attached hydrogen (secondary N) is 2. The highest BCUT2D eigenvalue weighted by atomic mass is 16.5. The minimum Gasteiger partial charge on any atom is -0.711 e. The number of phenols is 1. The van der Waals surface area contributed by atoms with E-state index in [9.17, 15) is 24.7 Å². The summed E-state index contributed by atoms with van der Waals surface area (Å²) in [6.07, 6.45) is 0. The number of rotatable bonds is 6. The van der Waals surface area contributed by atoms with Crippen LogP contribution < -0.4 is 15.4 Å². The number of urea groups is 1. The molecule has 30 heavy (non-hydrogen) atoms. The molecule has 1 aromatic carbocycles. The molecule has 3 N–H and O–H groups in total. The molecule has 10 heteroatoms. The van der Waals surface area contributed by atoms with Crippen LogP contribution in [-0.4, -0.2) is 53.1 Å². The molecule has 0 aliphatic carbocycles. The van der Waals surface area contributed by atoms with Crippen molar-refractivity contribution in [1.82, 2.24) is 20.1 Å². The van der Waals surface area contributed by atoms with Crippen LogP contribution in [0.15, 0.2) is 24.3 Å². The lowest BCUT2D eigenvalue weighted by molar-refractivity contribution is -0.621. The molecule has 0 unspecified atom stereocenters. The third-order valence-corrected chi connectivity index (χ3v) is 5.39. The molecule has 4 amide bonds. The Kier molecular flexibility index (Phi) is 5.79. The molecule has 0 bridgehead atoms. The summed E-state index contributed by atoms with van der Waals surface area (Å²) >= 11 is 0. The fraction of sp³-hybridized carbons (Fsp3) is 0.400. The Morgan fingerprint density at radius 1 is 1.13 bits per heavy atom. The first-order valence-electron chi connectivity index (χ1n) is 9.50. The number of hydrogen-bond acceptors (Lipinski definition) is 6. The number of imidazole rings is 1. The second kappa shape index (κ2) is 8.15. The molecule has 160 valence electrons. The molecule has 3 rings (SSSR count). The maximum absolute atomic E-state index is 13.2. The summed E-state index contributed by atoms with van der Waals surface area (Å²) < 4.78 is 2.54. The molecule has 1 aromatic heterocycles. The lowest BCUT2D eigenvalue weighted by Gasteiger charge is -2.28. The second-order valence-corrected chi connectivity index (χ2v) is 7.63. The van der Waals surface area contributed by atoms with E-state index in [1.807, 2.05) is 19.0 Å². The zero-order valence-corrected chi connectivity index (χ0v) is 17.3. The van der Waals surface area contributed by atoms with Crippen molar-refractivity contribution in [2.24, 2.45) is 5.92 Å². The zero-order valence-electron chi connectivity index (χ0n) is 17.3. The van der Waals surface area contributed by atoms with Gasteiger partial charge in [-0.1, -0.05) is 12.1 Å². The molecule has 2 aromatic rings. The Morgan fingerprint density at radius 3 is 2.23 bits per heavy atom. The molecule has 1 aliphatic rings. The third-order valence-electron chi connectivity index (χ3n) is 5.39. The predicted octanol–water partition coefficient (Wildman–Crippen LogP) is 0.120. The molecular weight excluding hydrogens is 390 g/mol. The van der Waals surface area contributed by atoms with Gasteiger partial charge in [-0.15, -0.1) is 0 Å². The monoisotopic (exact) mass is 415 g/mol. The number of carbonyl (C=O) groups excluding carboxylic acids is 3. The highest BCUT2D eigenvalue weighted by molar-refractivity contribution is 6.16. The summed E-state index contributed by atoms with van der Waals surface area (Å²) in [5, 5.41) is 27.1. The number of carbonyl (C=O) groups is 3. The Hall–Kier alpha value is -3.40. The Bertz CT molecular complexity index is 976. The highest BCUT2D eigenvalue weighted by Gasteiger charge is 2.47. The summed E-state index contributed by atoms with van der Waals surface area (Å²) in [4.78, 5) is 38.9. The van der Waals surface area contributed by atoms with Gasteiger partial charge in [0.15, 0.2) is 0 Å². The van der Waals surface area contributed by atoms with Crippen molar-refractivity contribution in [2.45, 2.75) is 26.3 Å². The van der Waals surface area contributed by atoms with Gasteiger partial charge in [0.05, 0.1) is 0 Å². The van der Waals surface area contributed by atoms with Crippen LogP contribution in [-0.2, 0) is 16.1 Å². The van der Waals surface area contributed by atoms with E-state index in [0.717, 1.165) is 10.4 Å². The van der Waals surface area contributed by atoms with Crippen LogP contribution in [0.25, 0.3) is 0 Å². The predicted molar refractivity (Wildman–Crippen MR) is 107 cm³/mol. The van der Waals surface area contributed by atoms with Gasteiger partial charge in [-0.2, -0.15) is 0 Å². The topological polar surface area (TPSA) is 131 Å².